The Balaban J connectivity index is 2.01. The zero-order chi connectivity index (χ0) is 15.2. The number of nitrogens with one attached hydrogen (secondary N) is 1. The number of aromatic nitrogens is 2. The number of hydrogen-bond donors (Lipinski definition) is 1. The number of amides is 1. The summed E-state index contributed by atoms with van der Waals surface area (Å²) in [6, 6.07) is 5.46. The number of benzene rings is 1. The number of rotatable bonds is 7. The Morgan fingerprint density at radius 3 is 2.76 bits per heavy atom. The summed E-state index contributed by atoms with van der Waals surface area (Å²) in [5.74, 6) is 0.341. The first kappa shape index (κ1) is 15.7. The minimum atomic E-state index is 0.0262. The second kappa shape index (κ2) is 7.33. The topological polar surface area (TPSA) is 49.0 Å². The molecule has 0 aliphatic heterocycles. The Hall–Kier alpha value is -1.72. The smallest absolute Gasteiger partial charge is 0.233 e. The minimum Gasteiger partial charge on any atom is -0.335 e. The number of hydrogen-bond acceptors (Lipinski definition) is 3. The monoisotopic (exact) mass is 321 g/mol. The Morgan fingerprint density at radius 2 is 2.10 bits per heavy atom. The number of carbonyl (C=O) groups excluding carboxylic acids is 1. The summed E-state index contributed by atoms with van der Waals surface area (Å²) < 4.78 is 0. The van der Waals surface area contributed by atoms with Crippen molar-refractivity contribution in [3.63, 3.8) is 0 Å². The molecule has 0 saturated carbocycles. The molecule has 1 aromatic carbocycles. The highest BCUT2D eigenvalue weighted by molar-refractivity contribution is 7.99. The van der Waals surface area contributed by atoms with Crippen molar-refractivity contribution in [2.24, 2.45) is 0 Å². The SMILES string of the molecule is C=CCN(CC=C)C(=O)CSc1nc2ccc(Cl)cc2[nH]1. The molecule has 0 unspecified atom stereocenters. The standard InChI is InChI=1S/C15H16ClN3OS/c1-3-7-19(8-4-2)14(20)10-21-15-17-12-6-5-11(16)9-13(12)18-15/h3-6,9H,1-2,7-8,10H2,(H,17,18). The summed E-state index contributed by atoms with van der Waals surface area (Å²) >= 11 is 7.30. The van der Waals surface area contributed by atoms with Crippen molar-refractivity contribution < 1.29 is 4.79 Å². The van der Waals surface area contributed by atoms with Crippen LogP contribution in [0.3, 0.4) is 0 Å². The van der Waals surface area contributed by atoms with Gasteiger partial charge in [-0.1, -0.05) is 35.5 Å². The number of halogens is 1. The van der Waals surface area contributed by atoms with E-state index in [0.717, 1.165) is 11.0 Å². The number of aromatic amines is 1. The van der Waals surface area contributed by atoms with Gasteiger partial charge in [0.15, 0.2) is 5.16 Å². The summed E-state index contributed by atoms with van der Waals surface area (Å²) in [6.07, 6.45) is 3.41. The third-order valence-corrected chi connectivity index (χ3v) is 3.90. The molecule has 6 heteroatoms. The molecular weight excluding hydrogens is 306 g/mol. The van der Waals surface area contributed by atoms with Gasteiger partial charge < -0.3 is 9.88 Å². The molecule has 4 nitrogen and oxygen atoms in total. The van der Waals surface area contributed by atoms with Crippen LogP contribution >= 0.6 is 23.4 Å². The summed E-state index contributed by atoms with van der Waals surface area (Å²) in [5.41, 5.74) is 1.70. The molecule has 0 fully saturated rings. The first-order valence-electron chi connectivity index (χ1n) is 6.41. The minimum absolute atomic E-state index is 0.0262. The Morgan fingerprint density at radius 1 is 1.38 bits per heavy atom. The van der Waals surface area contributed by atoms with Crippen LogP contribution in [0.2, 0.25) is 5.02 Å². The van der Waals surface area contributed by atoms with Crippen molar-refractivity contribution in [3.05, 3.63) is 48.5 Å². The molecule has 1 aromatic heterocycles. The zero-order valence-corrected chi connectivity index (χ0v) is 13.1. The van der Waals surface area contributed by atoms with Gasteiger partial charge in [0.1, 0.15) is 0 Å². The quantitative estimate of drug-likeness (QED) is 0.627. The van der Waals surface area contributed by atoms with Crippen LogP contribution in [0.25, 0.3) is 11.0 Å². The van der Waals surface area contributed by atoms with Crippen molar-refractivity contribution in [3.8, 4) is 0 Å². The summed E-state index contributed by atoms with van der Waals surface area (Å²) in [7, 11) is 0. The van der Waals surface area contributed by atoms with Gasteiger partial charge >= 0.3 is 0 Å². The van der Waals surface area contributed by atoms with Crippen LogP contribution in [0, 0.1) is 0 Å². The number of H-pyrrole nitrogens is 1. The van der Waals surface area contributed by atoms with E-state index in [-0.39, 0.29) is 5.91 Å². The first-order chi connectivity index (χ1) is 10.1. The molecule has 0 spiro atoms. The average molecular weight is 322 g/mol. The number of fused-ring (bicyclic) bond motifs is 1. The van der Waals surface area contributed by atoms with Gasteiger partial charge in [0, 0.05) is 18.1 Å². The summed E-state index contributed by atoms with van der Waals surface area (Å²) in [6.45, 7) is 8.34. The highest BCUT2D eigenvalue weighted by Gasteiger charge is 2.12. The molecule has 1 amide bonds. The van der Waals surface area contributed by atoms with Crippen LogP contribution in [-0.4, -0.2) is 39.6 Å². The number of thioether (sulfide) groups is 1. The van der Waals surface area contributed by atoms with E-state index < -0.39 is 0 Å². The molecule has 1 heterocycles. The Bertz CT molecular complexity index is 658. The van der Waals surface area contributed by atoms with E-state index in [2.05, 4.69) is 23.1 Å². The lowest BCUT2D eigenvalue weighted by Crippen LogP contribution is -2.32. The fraction of sp³-hybridized carbons (Fsp3) is 0.200. The normalized spacial score (nSPS) is 10.5. The molecule has 0 atom stereocenters. The molecule has 0 bridgehead atoms. The van der Waals surface area contributed by atoms with Gasteiger partial charge in [-0.05, 0) is 18.2 Å². The van der Waals surface area contributed by atoms with Gasteiger partial charge in [0.25, 0.3) is 0 Å². The van der Waals surface area contributed by atoms with Gasteiger partial charge in [0.2, 0.25) is 5.91 Å². The molecule has 1 N–H and O–H groups in total. The second-order valence-corrected chi connectivity index (χ2v) is 5.77. The third-order valence-electron chi connectivity index (χ3n) is 2.81. The van der Waals surface area contributed by atoms with Crippen LogP contribution in [0.15, 0.2) is 48.7 Å². The van der Waals surface area contributed by atoms with Gasteiger partial charge in [0.05, 0.1) is 16.8 Å². The summed E-state index contributed by atoms with van der Waals surface area (Å²) in [5, 5.41) is 1.36. The maximum absolute atomic E-state index is 12.1. The second-order valence-electron chi connectivity index (χ2n) is 4.37. The average Bonchev–Trinajstić information content (AvgIpc) is 2.86. The maximum atomic E-state index is 12.1. The summed E-state index contributed by atoms with van der Waals surface area (Å²) in [4.78, 5) is 21.4. The highest BCUT2D eigenvalue weighted by Crippen LogP contribution is 2.22. The van der Waals surface area contributed by atoms with Crippen molar-refractivity contribution in [1.82, 2.24) is 14.9 Å². The number of imidazole rings is 1. The van der Waals surface area contributed by atoms with Crippen molar-refractivity contribution in [1.29, 1.82) is 0 Å². The molecular formula is C15H16ClN3OS. The fourth-order valence-corrected chi connectivity index (χ4v) is 2.80. The molecule has 0 radical (unpaired) electrons. The Labute approximate surface area is 132 Å². The lowest BCUT2D eigenvalue weighted by Gasteiger charge is -2.18. The molecule has 2 aromatic rings. The van der Waals surface area contributed by atoms with Crippen LogP contribution < -0.4 is 0 Å². The molecule has 110 valence electrons. The third kappa shape index (κ3) is 4.12. The van der Waals surface area contributed by atoms with Crippen molar-refractivity contribution in [2.45, 2.75) is 5.16 Å². The van der Waals surface area contributed by atoms with Gasteiger partial charge in [-0.3, -0.25) is 4.79 Å². The molecule has 2 rings (SSSR count). The van der Waals surface area contributed by atoms with E-state index in [0.29, 0.717) is 29.0 Å². The van der Waals surface area contributed by atoms with Crippen molar-refractivity contribution in [2.75, 3.05) is 18.8 Å². The molecule has 0 saturated heterocycles. The zero-order valence-electron chi connectivity index (χ0n) is 11.5. The first-order valence-corrected chi connectivity index (χ1v) is 7.78. The lowest BCUT2D eigenvalue weighted by atomic mass is 10.3. The molecule has 21 heavy (non-hydrogen) atoms. The number of carbonyl (C=O) groups is 1. The molecule has 0 aliphatic carbocycles. The van der Waals surface area contributed by atoms with E-state index in [1.807, 2.05) is 12.1 Å². The van der Waals surface area contributed by atoms with Crippen LogP contribution in [0.5, 0.6) is 0 Å². The largest absolute Gasteiger partial charge is 0.335 e. The van der Waals surface area contributed by atoms with Gasteiger partial charge in [-0.2, -0.15) is 0 Å². The molecule has 0 aliphatic rings. The highest BCUT2D eigenvalue weighted by atomic mass is 35.5. The van der Waals surface area contributed by atoms with E-state index in [9.17, 15) is 4.79 Å². The predicted molar refractivity (Wildman–Crippen MR) is 88.8 cm³/mol. The maximum Gasteiger partial charge on any atom is 0.233 e. The van der Waals surface area contributed by atoms with Gasteiger partial charge in [-0.15, -0.1) is 13.2 Å². The fourth-order valence-electron chi connectivity index (χ4n) is 1.84. The van der Waals surface area contributed by atoms with E-state index in [1.54, 1.807) is 23.1 Å². The Kier molecular flexibility index (Phi) is 5.47. The van der Waals surface area contributed by atoms with Crippen molar-refractivity contribution >= 4 is 40.3 Å². The van der Waals surface area contributed by atoms with Crippen LogP contribution in [0.4, 0.5) is 0 Å². The van der Waals surface area contributed by atoms with E-state index >= 15 is 0 Å². The van der Waals surface area contributed by atoms with Crippen LogP contribution in [0.1, 0.15) is 0 Å². The van der Waals surface area contributed by atoms with E-state index in [1.165, 1.54) is 11.8 Å². The predicted octanol–water partition coefficient (Wildman–Crippen LogP) is 3.51. The number of nitrogens with zero attached hydrogens (tertiary/aromatic N) is 2. The lowest BCUT2D eigenvalue weighted by molar-refractivity contribution is -0.127. The van der Waals surface area contributed by atoms with E-state index in [4.69, 9.17) is 11.6 Å². The van der Waals surface area contributed by atoms with Gasteiger partial charge in [-0.25, -0.2) is 4.98 Å². The van der Waals surface area contributed by atoms with Crippen LogP contribution in [-0.2, 0) is 4.79 Å².